The average Bonchev–Trinajstić information content (AvgIpc) is 3.01. The lowest BCUT2D eigenvalue weighted by molar-refractivity contribution is -0.131. The van der Waals surface area contributed by atoms with E-state index in [1.807, 2.05) is 83.8 Å². The topological polar surface area (TPSA) is 60.8 Å². The van der Waals surface area contributed by atoms with E-state index in [2.05, 4.69) is 12.1 Å². The van der Waals surface area contributed by atoms with Crippen LogP contribution in [0.25, 0.3) is 22.3 Å². The van der Waals surface area contributed by atoms with Gasteiger partial charge in [0.15, 0.2) is 0 Å². The number of rotatable bonds is 8. The number of benzene rings is 5. The molecule has 0 unspecified atom stereocenters. The molecule has 1 saturated heterocycles. The predicted molar refractivity (Wildman–Crippen MR) is 160 cm³/mol. The highest BCUT2D eigenvalue weighted by Crippen LogP contribution is 2.47. The number of phenols is 1. The first-order valence-corrected chi connectivity index (χ1v) is 13.8. The molecule has 1 heterocycles. The van der Waals surface area contributed by atoms with Crippen LogP contribution in [0.15, 0.2) is 127 Å². The maximum absolute atomic E-state index is 13.6. The van der Waals surface area contributed by atoms with Crippen LogP contribution >= 0.6 is 0 Å². The Hall–Kier alpha value is -4.74. The number of hydrogen-bond donors (Lipinski definition) is 2. The minimum atomic E-state index is -0.781. The van der Waals surface area contributed by atoms with E-state index < -0.39 is 6.10 Å². The van der Waals surface area contributed by atoms with Crippen molar-refractivity contribution in [1.29, 1.82) is 0 Å². The highest BCUT2D eigenvalue weighted by molar-refractivity contribution is 6.03. The second-order valence-electron chi connectivity index (χ2n) is 10.5. The van der Waals surface area contributed by atoms with E-state index >= 15 is 0 Å². The van der Waals surface area contributed by atoms with E-state index in [4.69, 9.17) is 0 Å². The van der Waals surface area contributed by atoms with Gasteiger partial charge in [0, 0.05) is 5.69 Å². The second-order valence-corrected chi connectivity index (χ2v) is 10.5. The Morgan fingerprint density at radius 3 is 2.00 bits per heavy atom. The Kier molecular flexibility index (Phi) is 7.36. The molecule has 41 heavy (non-hydrogen) atoms. The summed E-state index contributed by atoms with van der Waals surface area (Å²) in [6.07, 6.45) is 0.103. The van der Waals surface area contributed by atoms with Crippen molar-refractivity contribution in [3.8, 4) is 28.0 Å². The lowest BCUT2D eigenvalue weighted by atomic mass is 9.78. The highest BCUT2D eigenvalue weighted by Gasteiger charge is 2.48. The fourth-order valence-corrected chi connectivity index (χ4v) is 5.69. The van der Waals surface area contributed by atoms with Crippen LogP contribution in [0.5, 0.6) is 5.75 Å². The zero-order valence-electron chi connectivity index (χ0n) is 22.4. The van der Waals surface area contributed by atoms with Crippen molar-refractivity contribution < 1.29 is 19.4 Å². The number of nitrogens with zero attached hydrogens (tertiary/aromatic N) is 1. The van der Waals surface area contributed by atoms with Crippen LogP contribution in [0.2, 0.25) is 0 Å². The lowest BCUT2D eigenvalue weighted by Gasteiger charge is -2.48. The number of β-lactam (4-membered cyclic amide) rings is 1. The second kappa shape index (κ2) is 11.4. The Morgan fingerprint density at radius 1 is 0.707 bits per heavy atom. The Bertz CT molecular complexity index is 1630. The summed E-state index contributed by atoms with van der Waals surface area (Å²) < 4.78 is 13.4. The first-order chi connectivity index (χ1) is 20.0. The van der Waals surface area contributed by atoms with E-state index in [-0.39, 0.29) is 29.4 Å². The number of hydrogen-bond acceptors (Lipinski definition) is 3. The first-order valence-electron chi connectivity index (χ1n) is 13.8. The Morgan fingerprint density at radius 2 is 1.32 bits per heavy atom. The van der Waals surface area contributed by atoms with Gasteiger partial charge in [-0.15, -0.1) is 0 Å². The normalized spacial score (nSPS) is 17.2. The number of amides is 1. The first kappa shape index (κ1) is 26.5. The molecule has 1 fully saturated rings. The molecule has 1 aliphatic heterocycles. The van der Waals surface area contributed by atoms with Gasteiger partial charge < -0.3 is 15.1 Å². The van der Waals surface area contributed by atoms with Crippen molar-refractivity contribution in [2.75, 3.05) is 4.90 Å². The third kappa shape index (κ3) is 5.49. The molecule has 1 aliphatic rings. The van der Waals surface area contributed by atoms with Crippen molar-refractivity contribution >= 4 is 11.6 Å². The van der Waals surface area contributed by atoms with E-state index in [1.165, 1.54) is 12.1 Å². The molecular formula is C36H30FNO3. The average molecular weight is 544 g/mol. The zero-order chi connectivity index (χ0) is 28.3. The quantitative estimate of drug-likeness (QED) is 0.195. The number of carbonyl (C=O) groups is 1. The highest BCUT2D eigenvalue weighted by atomic mass is 19.1. The van der Waals surface area contributed by atoms with Crippen LogP contribution in [0, 0.1) is 11.7 Å². The van der Waals surface area contributed by atoms with Crippen molar-refractivity contribution in [3.63, 3.8) is 0 Å². The molecule has 0 spiro atoms. The van der Waals surface area contributed by atoms with Crippen molar-refractivity contribution in [2.24, 2.45) is 5.92 Å². The number of carbonyl (C=O) groups excluding carboxylic acids is 1. The smallest absolute Gasteiger partial charge is 0.233 e. The molecule has 4 nitrogen and oxygen atoms in total. The molecule has 0 saturated carbocycles. The van der Waals surface area contributed by atoms with Crippen molar-refractivity contribution in [1.82, 2.24) is 0 Å². The van der Waals surface area contributed by atoms with Crippen LogP contribution in [0.3, 0.4) is 0 Å². The molecule has 0 bridgehead atoms. The van der Waals surface area contributed by atoms with E-state index in [9.17, 15) is 19.4 Å². The van der Waals surface area contributed by atoms with Gasteiger partial charge in [-0.1, -0.05) is 91.0 Å². The summed E-state index contributed by atoms with van der Waals surface area (Å²) in [7, 11) is 0. The SMILES string of the molecule is O=C1[C@H](CC[C@H](O)c2ccc(F)cc2)[C@@H](c2ccc(-c3cccc(O)c3)cc2)N1c1ccc(-c2ccccc2)cc1. The third-order valence-corrected chi connectivity index (χ3v) is 7.90. The molecule has 0 radical (unpaired) electrons. The molecule has 5 aromatic carbocycles. The number of aromatic hydroxyl groups is 1. The van der Waals surface area contributed by atoms with Gasteiger partial charge in [-0.3, -0.25) is 4.79 Å². The summed E-state index contributed by atoms with van der Waals surface area (Å²) in [4.78, 5) is 15.4. The van der Waals surface area contributed by atoms with Crippen LogP contribution < -0.4 is 4.90 Å². The summed E-state index contributed by atoms with van der Waals surface area (Å²) in [5.74, 6) is -0.421. The maximum atomic E-state index is 13.6. The number of aliphatic hydroxyl groups is 1. The number of anilines is 1. The number of phenolic OH excluding ortho intramolecular Hbond substituents is 1. The summed E-state index contributed by atoms with van der Waals surface area (Å²) in [6.45, 7) is 0. The van der Waals surface area contributed by atoms with Gasteiger partial charge in [-0.05, 0) is 82.6 Å². The molecule has 0 aromatic heterocycles. The van der Waals surface area contributed by atoms with Crippen molar-refractivity contribution in [3.05, 3.63) is 144 Å². The standard InChI is InChI=1S/C36H30FNO3/c37-30-17-13-27(14-18-30)34(40)22-21-33-35(28-11-9-26(10-12-28)29-7-4-8-32(39)23-29)38(36(33)41)31-19-15-25(16-20-31)24-5-2-1-3-6-24/h1-20,23,33-35,39-40H,21-22H2/t33-,34+,35-/m1/s1. The Balaban J connectivity index is 1.27. The van der Waals surface area contributed by atoms with Gasteiger partial charge in [0.1, 0.15) is 11.6 Å². The minimum absolute atomic E-state index is 0.0193. The Labute approximate surface area is 239 Å². The van der Waals surface area contributed by atoms with Crippen LogP contribution in [0.1, 0.15) is 36.1 Å². The van der Waals surface area contributed by atoms with E-state index in [0.29, 0.717) is 18.4 Å². The third-order valence-electron chi connectivity index (χ3n) is 7.90. The van der Waals surface area contributed by atoms with Gasteiger partial charge in [0.25, 0.3) is 0 Å². The molecule has 204 valence electrons. The summed E-state index contributed by atoms with van der Waals surface area (Å²) >= 11 is 0. The largest absolute Gasteiger partial charge is 0.508 e. The fraction of sp³-hybridized carbons (Fsp3) is 0.139. The summed E-state index contributed by atoms with van der Waals surface area (Å²) in [6, 6.07) is 39.0. The monoisotopic (exact) mass is 543 g/mol. The van der Waals surface area contributed by atoms with Gasteiger partial charge >= 0.3 is 0 Å². The maximum Gasteiger partial charge on any atom is 0.233 e. The van der Waals surface area contributed by atoms with Crippen LogP contribution in [-0.2, 0) is 4.79 Å². The summed E-state index contributed by atoms with van der Waals surface area (Å²) in [5.41, 5.74) is 6.53. The number of aliphatic hydroxyl groups excluding tert-OH is 1. The summed E-state index contributed by atoms with van der Waals surface area (Å²) in [5, 5.41) is 20.7. The molecule has 2 N–H and O–H groups in total. The van der Waals surface area contributed by atoms with E-state index in [0.717, 1.165) is 33.5 Å². The molecule has 6 rings (SSSR count). The van der Waals surface area contributed by atoms with Gasteiger partial charge in [0.05, 0.1) is 18.1 Å². The molecule has 5 heteroatoms. The predicted octanol–water partition coefficient (Wildman–Crippen LogP) is 8.08. The lowest BCUT2D eigenvalue weighted by Crippen LogP contribution is -2.55. The molecule has 0 aliphatic carbocycles. The zero-order valence-corrected chi connectivity index (χ0v) is 22.4. The van der Waals surface area contributed by atoms with Crippen LogP contribution in [0.4, 0.5) is 10.1 Å². The molecule has 1 amide bonds. The van der Waals surface area contributed by atoms with Gasteiger partial charge in [0.2, 0.25) is 5.91 Å². The van der Waals surface area contributed by atoms with E-state index in [1.54, 1.807) is 24.3 Å². The molecular weight excluding hydrogens is 513 g/mol. The number of halogens is 1. The molecule has 3 atom stereocenters. The molecule has 5 aromatic rings. The fourth-order valence-electron chi connectivity index (χ4n) is 5.69. The van der Waals surface area contributed by atoms with Gasteiger partial charge in [-0.25, -0.2) is 4.39 Å². The van der Waals surface area contributed by atoms with Crippen molar-refractivity contribution in [2.45, 2.75) is 25.0 Å². The minimum Gasteiger partial charge on any atom is -0.508 e. The van der Waals surface area contributed by atoms with Crippen LogP contribution in [-0.4, -0.2) is 16.1 Å². The van der Waals surface area contributed by atoms with Gasteiger partial charge in [-0.2, -0.15) is 0 Å².